The van der Waals surface area contributed by atoms with Gasteiger partial charge in [0.1, 0.15) is 0 Å². The topological polar surface area (TPSA) is 84.5 Å². The second-order valence-corrected chi connectivity index (χ2v) is 5.58. The molecule has 0 bridgehead atoms. The van der Waals surface area contributed by atoms with Crippen molar-refractivity contribution >= 4 is 5.91 Å². The predicted octanol–water partition coefficient (Wildman–Crippen LogP) is 2.24. The van der Waals surface area contributed by atoms with Crippen LogP contribution >= 0.6 is 0 Å². The minimum absolute atomic E-state index is 0.0514. The zero-order chi connectivity index (χ0) is 16.8. The van der Waals surface area contributed by atoms with Crippen LogP contribution in [0.5, 0.6) is 0 Å². The van der Waals surface area contributed by atoms with Gasteiger partial charge in [-0.15, -0.1) is 12.3 Å². The Morgan fingerprint density at radius 3 is 2.88 bits per heavy atom. The van der Waals surface area contributed by atoms with E-state index in [1.807, 2.05) is 24.4 Å². The van der Waals surface area contributed by atoms with E-state index in [4.69, 9.17) is 6.42 Å². The number of nitrogens with zero attached hydrogens (tertiary/aromatic N) is 5. The normalized spacial score (nSPS) is 14.1. The van der Waals surface area contributed by atoms with E-state index in [1.165, 1.54) is 0 Å². The molecule has 0 saturated heterocycles. The first-order chi connectivity index (χ1) is 11.7. The molecular weight excluding hydrogens is 304 g/mol. The van der Waals surface area contributed by atoms with Gasteiger partial charge in [-0.05, 0) is 18.2 Å². The molecule has 1 aliphatic heterocycles. The van der Waals surface area contributed by atoms with E-state index in [0.29, 0.717) is 32.2 Å². The van der Waals surface area contributed by atoms with Crippen molar-refractivity contribution in [3.05, 3.63) is 42.5 Å². The molecule has 2 aromatic heterocycles. The summed E-state index contributed by atoms with van der Waals surface area (Å²) in [6, 6.07) is 5.60. The quantitative estimate of drug-likeness (QED) is 0.756. The summed E-state index contributed by atoms with van der Waals surface area (Å²) in [7, 11) is 0. The number of carbonyl (C=O) groups excluding carboxylic acids is 1. The number of amides is 1. The minimum atomic E-state index is -0.422. The van der Waals surface area contributed by atoms with Gasteiger partial charge in [0.25, 0.3) is 0 Å². The van der Waals surface area contributed by atoms with Gasteiger partial charge in [0, 0.05) is 44.3 Å². The van der Waals surface area contributed by atoms with Gasteiger partial charge < -0.3 is 5.32 Å². The maximum atomic E-state index is 12.1. The van der Waals surface area contributed by atoms with Gasteiger partial charge >= 0.3 is 0 Å². The van der Waals surface area contributed by atoms with E-state index >= 15 is 0 Å². The molecule has 1 amide bonds. The third kappa shape index (κ3) is 3.84. The van der Waals surface area contributed by atoms with Crippen LogP contribution in [-0.2, 0) is 11.3 Å². The molecule has 3 rings (SSSR count). The zero-order valence-electron chi connectivity index (χ0n) is 13.2. The second kappa shape index (κ2) is 7.04. The Labute approximate surface area is 140 Å². The molecule has 2 aromatic rings. The van der Waals surface area contributed by atoms with Gasteiger partial charge in [0.15, 0.2) is 5.66 Å². The van der Waals surface area contributed by atoms with Gasteiger partial charge in [0.2, 0.25) is 5.91 Å². The molecule has 0 atom stereocenters. The van der Waals surface area contributed by atoms with Crippen LogP contribution in [0, 0.1) is 12.3 Å². The van der Waals surface area contributed by atoms with Gasteiger partial charge in [-0.1, -0.05) is 0 Å². The lowest BCUT2D eigenvalue weighted by Gasteiger charge is -2.11. The van der Waals surface area contributed by atoms with Crippen molar-refractivity contribution in [1.29, 1.82) is 0 Å². The third-order valence-corrected chi connectivity index (χ3v) is 3.88. The molecule has 0 unspecified atom stereocenters. The molecule has 24 heavy (non-hydrogen) atoms. The maximum absolute atomic E-state index is 12.1. The van der Waals surface area contributed by atoms with Crippen molar-refractivity contribution < 1.29 is 4.79 Å². The summed E-state index contributed by atoms with van der Waals surface area (Å²) < 4.78 is 1.73. The lowest BCUT2D eigenvalue weighted by atomic mass is 10.0. The van der Waals surface area contributed by atoms with Gasteiger partial charge in [0.05, 0.1) is 17.9 Å². The number of pyridine rings is 1. The SMILES string of the molecule is C#CCCC1(CCC(=O)NCc2ncccc2-n2cccn2)N=N1. The molecule has 1 N–H and O–H groups in total. The van der Waals surface area contributed by atoms with E-state index in [2.05, 4.69) is 31.5 Å². The molecule has 0 fully saturated rings. The number of terminal acetylenes is 1. The fourth-order valence-electron chi connectivity index (χ4n) is 2.44. The Morgan fingerprint density at radius 2 is 2.17 bits per heavy atom. The van der Waals surface area contributed by atoms with Crippen LogP contribution < -0.4 is 5.32 Å². The van der Waals surface area contributed by atoms with Crippen molar-refractivity contribution in [3.8, 4) is 18.0 Å². The van der Waals surface area contributed by atoms with E-state index in [9.17, 15) is 4.79 Å². The van der Waals surface area contributed by atoms with Crippen LogP contribution in [-0.4, -0.2) is 26.3 Å². The highest BCUT2D eigenvalue weighted by molar-refractivity contribution is 5.76. The predicted molar refractivity (Wildman–Crippen MR) is 88.1 cm³/mol. The second-order valence-electron chi connectivity index (χ2n) is 5.58. The van der Waals surface area contributed by atoms with Crippen LogP contribution in [0.15, 0.2) is 47.0 Å². The molecule has 7 heteroatoms. The average Bonchev–Trinajstić information content (AvgIpc) is 3.17. The summed E-state index contributed by atoms with van der Waals surface area (Å²) in [5.74, 6) is 2.53. The standard InChI is InChI=1S/C17H18N6O/c1-2-3-8-17(21-22-17)9-7-16(24)19-13-14-15(6-4-10-18-14)23-12-5-11-20-23/h1,4-6,10-12H,3,7-9,13H2,(H,19,24). The highest BCUT2D eigenvalue weighted by atomic mass is 16.1. The number of rotatable bonds is 8. The first-order valence-electron chi connectivity index (χ1n) is 7.81. The van der Waals surface area contributed by atoms with Crippen molar-refractivity contribution in [2.24, 2.45) is 10.2 Å². The van der Waals surface area contributed by atoms with Gasteiger partial charge in [-0.3, -0.25) is 9.78 Å². The Balaban J connectivity index is 1.51. The third-order valence-electron chi connectivity index (χ3n) is 3.88. The molecule has 122 valence electrons. The van der Waals surface area contributed by atoms with Gasteiger partial charge in [-0.25, -0.2) is 4.68 Å². The summed E-state index contributed by atoms with van der Waals surface area (Å²) in [6.07, 6.45) is 12.8. The van der Waals surface area contributed by atoms with E-state index in [-0.39, 0.29) is 5.91 Å². The van der Waals surface area contributed by atoms with Gasteiger partial charge in [-0.2, -0.15) is 15.3 Å². The van der Waals surface area contributed by atoms with Crippen molar-refractivity contribution in [1.82, 2.24) is 20.1 Å². The zero-order valence-corrected chi connectivity index (χ0v) is 13.2. The minimum Gasteiger partial charge on any atom is -0.350 e. The molecule has 7 nitrogen and oxygen atoms in total. The van der Waals surface area contributed by atoms with Crippen LogP contribution in [0.1, 0.15) is 31.4 Å². The highest BCUT2D eigenvalue weighted by Gasteiger charge is 2.39. The van der Waals surface area contributed by atoms with Crippen LogP contribution in [0.3, 0.4) is 0 Å². The molecule has 3 heterocycles. The number of aromatic nitrogens is 3. The number of hydrogen-bond donors (Lipinski definition) is 1. The summed E-state index contributed by atoms with van der Waals surface area (Å²) >= 11 is 0. The molecule has 0 spiro atoms. The monoisotopic (exact) mass is 322 g/mol. The first kappa shape index (κ1) is 15.9. The van der Waals surface area contributed by atoms with E-state index in [1.54, 1.807) is 17.1 Å². The number of hydrogen-bond acceptors (Lipinski definition) is 5. The van der Waals surface area contributed by atoms with E-state index < -0.39 is 5.66 Å². The molecule has 0 saturated carbocycles. The Morgan fingerprint density at radius 1 is 1.29 bits per heavy atom. The molecule has 1 aliphatic rings. The van der Waals surface area contributed by atoms with Crippen LogP contribution in [0.4, 0.5) is 0 Å². The van der Waals surface area contributed by atoms with Crippen molar-refractivity contribution in [2.75, 3.05) is 0 Å². The lowest BCUT2D eigenvalue weighted by Crippen LogP contribution is -2.26. The van der Waals surface area contributed by atoms with Crippen molar-refractivity contribution in [2.45, 2.75) is 37.9 Å². The molecule has 0 aliphatic carbocycles. The lowest BCUT2D eigenvalue weighted by molar-refractivity contribution is -0.121. The summed E-state index contributed by atoms with van der Waals surface area (Å²) in [5.41, 5.74) is 1.19. The molecule has 0 radical (unpaired) electrons. The fourth-order valence-corrected chi connectivity index (χ4v) is 2.44. The number of carbonyl (C=O) groups is 1. The molecular formula is C17H18N6O. The molecule has 0 aromatic carbocycles. The summed E-state index contributed by atoms with van der Waals surface area (Å²) in [5, 5.41) is 15.2. The average molecular weight is 322 g/mol. The number of nitrogens with one attached hydrogen (secondary N) is 1. The van der Waals surface area contributed by atoms with E-state index in [0.717, 1.165) is 11.4 Å². The fraction of sp³-hybridized carbons (Fsp3) is 0.353. The maximum Gasteiger partial charge on any atom is 0.220 e. The first-order valence-corrected chi connectivity index (χ1v) is 7.81. The Bertz CT molecular complexity index is 769. The summed E-state index contributed by atoms with van der Waals surface area (Å²) in [6.45, 7) is 0.348. The highest BCUT2D eigenvalue weighted by Crippen LogP contribution is 2.37. The Kier molecular flexibility index (Phi) is 4.66. The van der Waals surface area contributed by atoms with Crippen LogP contribution in [0.25, 0.3) is 5.69 Å². The summed E-state index contributed by atoms with van der Waals surface area (Å²) in [4.78, 5) is 16.4. The van der Waals surface area contributed by atoms with Crippen molar-refractivity contribution in [3.63, 3.8) is 0 Å². The Hall–Kier alpha value is -3.01. The smallest absolute Gasteiger partial charge is 0.220 e. The van der Waals surface area contributed by atoms with Crippen LogP contribution in [0.2, 0.25) is 0 Å². The largest absolute Gasteiger partial charge is 0.350 e.